The minimum absolute atomic E-state index is 0.0589. The van der Waals surface area contributed by atoms with Crippen LogP contribution in [0, 0.1) is 11.8 Å². The van der Waals surface area contributed by atoms with Crippen LogP contribution in [0.5, 0.6) is 0 Å². The number of rotatable bonds is 8. The van der Waals surface area contributed by atoms with Gasteiger partial charge in [0.15, 0.2) is 14.6 Å². The van der Waals surface area contributed by atoms with Crippen molar-refractivity contribution in [3.05, 3.63) is 29.8 Å². The van der Waals surface area contributed by atoms with Crippen molar-refractivity contribution >= 4 is 27.6 Å². The Kier molecular flexibility index (Phi) is 7.27. The van der Waals surface area contributed by atoms with Gasteiger partial charge in [-0.2, -0.15) is 0 Å². The van der Waals surface area contributed by atoms with E-state index in [4.69, 9.17) is 9.84 Å². The van der Waals surface area contributed by atoms with Gasteiger partial charge in [-0.1, -0.05) is 11.8 Å². The molecule has 158 valence electrons. The van der Waals surface area contributed by atoms with Crippen molar-refractivity contribution < 1.29 is 33.0 Å². The van der Waals surface area contributed by atoms with E-state index in [1.165, 1.54) is 4.90 Å². The van der Waals surface area contributed by atoms with Crippen LogP contribution in [0.2, 0.25) is 0 Å². The van der Waals surface area contributed by atoms with Crippen molar-refractivity contribution in [3.63, 3.8) is 0 Å². The summed E-state index contributed by atoms with van der Waals surface area (Å²) < 4.78 is 27.0. The number of carbonyl (C=O) groups is 2. The second-order valence-electron chi connectivity index (χ2n) is 7.16. The Morgan fingerprint density at radius 1 is 1.31 bits per heavy atom. The van der Waals surface area contributed by atoms with Gasteiger partial charge in [0, 0.05) is 37.0 Å². The van der Waals surface area contributed by atoms with Gasteiger partial charge in [-0.25, -0.2) is 13.2 Å². The highest BCUT2D eigenvalue weighted by Gasteiger charge is 2.48. The standard InChI is InChI=1S/C20H25NO7S/c1-20(18(23)24,29(2,26)27)13-17-14-21(19(25)28-17)16-10-8-15(9-11-16)7-5-3-4-6-12-22/h8-11,17,22H,3-4,6,12-14H2,1-2H3,(H,23,24). The lowest BCUT2D eigenvalue weighted by molar-refractivity contribution is -0.140. The summed E-state index contributed by atoms with van der Waals surface area (Å²) in [7, 11) is -3.91. The fourth-order valence-corrected chi connectivity index (χ4v) is 3.69. The molecule has 2 unspecified atom stereocenters. The molecule has 2 atom stereocenters. The smallest absolute Gasteiger partial charge is 0.414 e. The van der Waals surface area contributed by atoms with E-state index in [0.29, 0.717) is 18.5 Å². The molecule has 0 bridgehead atoms. The molecular formula is C20H25NO7S. The van der Waals surface area contributed by atoms with E-state index in [-0.39, 0.29) is 19.6 Å². The highest BCUT2D eigenvalue weighted by molar-refractivity contribution is 7.92. The molecular weight excluding hydrogens is 398 g/mol. The summed E-state index contributed by atoms with van der Waals surface area (Å²) in [5.41, 5.74) is 1.33. The number of unbranched alkanes of at least 4 members (excludes halogenated alkanes) is 2. The lowest BCUT2D eigenvalue weighted by Gasteiger charge is -2.24. The van der Waals surface area contributed by atoms with Gasteiger partial charge in [0.1, 0.15) is 6.10 Å². The van der Waals surface area contributed by atoms with Gasteiger partial charge in [-0.15, -0.1) is 0 Å². The van der Waals surface area contributed by atoms with Gasteiger partial charge in [0.25, 0.3) is 0 Å². The first-order valence-electron chi connectivity index (χ1n) is 9.19. The third-order valence-corrected chi connectivity index (χ3v) is 6.86. The second-order valence-corrected chi connectivity index (χ2v) is 9.60. The molecule has 29 heavy (non-hydrogen) atoms. The predicted molar refractivity (Wildman–Crippen MR) is 107 cm³/mol. The monoisotopic (exact) mass is 423 g/mol. The Bertz CT molecular complexity index is 914. The summed E-state index contributed by atoms with van der Waals surface area (Å²) in [5, 5.41) is 18.1. The first-order valence-corrected chi connectivity index (χ1v) is 11.1. The zero-order valence-electron chi connectivity index (χ0n) is 16.4. The van der Waals surface area contributed by atoms with Gasteiger partial charge >= 0.3 is 12.1 Å². The highest BCUT2D eigenvalue weighted by Crippen LogP contribution is 2.30. The Labute approximate surface area is 170 Å². The van der Waals surface area contributed by atoms with Gasteiger partial charge in [-0.3, -0.25) is 9.69 Å². The third kappa shape index (κ3) is 5.49. The Hall–Kier alpha value is -2.57. The summed E-state index contributed by atoms with van der Waals surface area (Å²) in [6, 6.07) is 6.92. The predicted octanol–water partition coefficient (Wildman–Crippen LogP) is 1.80. The molecule has 1 aromatic rings. The number of nitrogens with zero attached hydrogens (tertiary/aromatic N) is 1. The maximum Gasteiger partial charge on any atom is 0.414 e. The molecule has 1 amide bonds. The van der Waals surface area contributed by atoms with E-state index in [0.717, 1.165) is 25.2 Å². The van der Waals surface area contributed by atoms with E-state index in [2.05, 4.69) is 11.8 Å². The number of carboxylic acid groups (broad SMARTS) is 1. The quantitative estimate of drug-likeness (QED) is 0.483. The average molecular weight is 423 g/mol. The number of carbonyl (C=O) groups excluding carboxylic acids is 1. The molecule has 1 fully saturated rings. The number of hydrogen-bond acceptors (Lipinski definition) is 6. The zero-order valence-corrected chi connectivity index (χ0v) is 17.2. The van der Waals surface area contributed by atoms with E-state index < -0.39 is 32.8 Å². The number of aliphatic hydroxyl groups is 1. The van der Waals surface area contributed by atoms with Crippen LogP contribution in [0.15, 0.2) is 24.3 Å². The zero-order chi connectivity index (χ0) is 21.7. The number of cyclic esters (lactones) is 1. The Morgan fingerprint density at radius 2 is 1.97 bits per heavy atom. The molecule has 0 aliphatic carbocycles. The van der Waals surface area contributed by atoms with Gasteiger partial charge in [-0.05, 0) is 44.0 Å². The Morgan fingerprint density at radius 3 is 2.52 bits per heavy atom. The molecule has 1 aromatic carbocycles. The van der Waals surface area contributed by atoms with Crippen LogP contribution in [0.25, 0.3) is 0 Å². The molecule has 2 N–H and O–H groups in total. The molecule has 0 aromatic heterocycles. The fourth-order valence-electron chi connectivity index (χ4n) is 2.88. The van der Waals surface area contributed by atoms with Gasteiger partial charge in [0.05, 0.1) is 6.54 Å². The second kappa shape index (κ2) is 9.29. The van der Waals surface area contributed by atoms with Crippen LogP contribution in [-0.4, -0.2) is 61.0 Å². The number of anilines is 1. The number of sulfone groups is 1. The van der Waals surface area contributed by atoms with E-state index in [1.807, 2.05) is 0 Å². The van der Waals surface area contributed by atoms with Gasteiger partial charge in [0.2, 0.25) is 0 Å². The van der Waals surface area contributed by atoms with E-state index in [9.17, 15) is 23.1 Å². The first kappa shape index (κ1) is 22.7. The van der Waals surface area contributed by atoms with Crippen molar-refractivity contribution in [3.8, 4) is 11.8 Å². The van der Waals surface area contributed by atoms with Crippen LogP contribution in [0.3, 0.4) is 0 Å². The summed E-state index contributed by atoms with van der Waals surface area (Å²) in [6.45, 7) is 1.33. The van der Waals surface area contributed by atoms with E-state index >= 15 is 0 Å². The van der Waals surface area contributed by atoms with Crippen molar-refractivity contribution in [2.45, 2.75) is 43.5 Å². The molecule has 8 nitrogen and oxygen atoms in total. The number of hydrogen-bond donors (Lipinski definition) is 2. The van der Waals surface area contributed by atoms with Crippen LogP contribution in [-0.2, 0) is 19.4 Å². The lowest BCUT2D eigenvalue weighted by Crippen LogP contribution is -2.46. The molecule has 0 radical (unpaired) electrons. The molecule has 1 saturated heterocycles. The molecule has 9 heteroatoms. The molecule has 0 spiro atoms. The fraction of sp³-hybridized carbons (Fsp3) is 0.500. The number of aliphatic carboxylic acids is 1. The third-order valence-electron chi connectivity index (χ3n) is 4.88. The molecule has 1 aliphatic heterocycles. The van der Waals surface area contributed by atoms with Crippen LogP contribution >= 0.6 is 0 Å². The minimum Gasteiger partial charge on any atom is -0.480 e. The maximum absolute atomic E-state index is 12.2. The van der Waals surface area contributed by atoms with Crippen molar-refractivity contribution in [2.75, 3.05) is 24.3 Å². The topological polar surface area (TPSA) is 121 Å². The molecule has 2 rings (SSSR count). The number of amides is 1. The summed E-state index contributed by atoms with van der Waals surface area (Å²) >= 11 is 0. The van der Waals surface area contributed by atoms with Crippen LogP contribution in [0.4, 0.5) is 10.5 Å². The average Bonchev–Trinajstić information content (AvgIpc) is 3.01. The summed E-state index contributed by atoms with van der Waals surface area (Å²) in [6.07, 6.45) is 1.24. The largest absolute Gasteiger partial charge is 0.480 e. The number of benzene rings is 1. The van der Waals surface area contributed by atoms with Gasteiger partial charge < -0.3 is 14.9 Å². The molecule has 0 saturated carbocycles. The van der Waals surface area contributed by atoms with Crippen molar-refractivity contribution in [1.29, 1.82) is 0 Å². The van der Waals surface area contributed by atoms with Crippen LogP contribution in [0.1, 0.15) is 38.2 Å². The Balaban J connectivity index is 2.06. The molecule has 1 aliphatic rings. The normalized spacial score (nSPS) is 18.5. The number of carboxylic acids is 1. The summed E-state index contributed by atoms with van der Waals surface area (Å²) in [5.74, 6) is 4.54. The van der Waals surface area contributed by atoms with Crippen LogP contribution < -0.4 is 4.90 Å². The lowest BCUT2D eigenvalue weighted by atomic mass is 10.0. The first-order chi connectivity index (χ1) is 13.6. The van der Waals surface area contributed by atoms with Crippen molar-refractivity contribution in [2.24, 2.45) is 0 Å². The number of aliphatic hydroxyl groups excluding tert-OH is 1. The molecule has 1 heterocycles. The minimum atomic E-state index is -3.91. The maximum atomic E-state index is 12.2. The highest BCUT2D eigenvalue weighted by atomic mass is 32.2. The van der Waals surface area contributed by atoms with Crippen molar-refractivity contribution in [1.82, 2.24) is 0 Å². The van der Waals surface area contributed by atoms with E-state index in [1.54, 1.807) is 24.3 Å². The summed E-state index contributed by atoms with van der Waals surface area (Å²) in [4.78, 5) is 25.1. The number of ether oxygens (including phenoxy) is 1. The SMILES string of the molecule is CC(CC1CN(c2ccc(C#CCCCCO)cc2)C(=O)O1)(C(=O)O)S(C)(=O)=O.